The molecule has 0 bridgehead atoms. The van der Waals surface area contributed by atoms with Crippen molar-refractivity contribution in [2.45, 2.75) is 46.6 Å². The first-order valence-electron chi connectivity index (χ1n) is 8.31. The summed E-state index contributed by atoms with van der Waals surface area (Å²) in [6.07, 6.45) is -3.70. The van der Waals surface area contributed by atoms with Gasteiger partial charge in [0, 0.05) is 11.3 Å². The van der Waals surface area contributed by atoms with E-state index in [0.29, 0.717) is 23.2 Å². The van der Waals surface area contributed by atoms with Crippen molar-refractivity contribution in [1.29, 1.82) is 0 Å². The summed E-state index contributed by atoms with van der Waals surface area (Å²) in [4.78, 5) is 4.47. The van der Waals surface area contributed by atoms with Gasteiger partial charge in [-0.2, -0.15) is 13.2 Å². The summed E-state index contributed by atoms with van der Waals surface area (Å²) in [5, 5.41) is 9.28. The van der Waals surface area contributed by atoms with Crippen LogP contribution >= 0.6 is 0 Å². The number of aliphatic imine (C=N–C) groups is 1. The first-order chi connectivity index (χ1) is 12.2. The SMILES string of the molecule is CCC(C)=Nc1c(C)cc(C(F)(F)F)cc1COCc1ccc(O)cc1. The number of phenolic OH excluding ortho intramolecular Hbond substituents is 1. The third-order valence-corrected chi connectivity index (χ3v) is 3.98. The molecule has 0 unspecified atom stereocenters. The topological polar surface area (TPSA) is 41.8 Å². The van der Waals surface area contributed by atoms with E-state index < -0.39 is 11.7 Å². The molecule has 2 rings (SSSR count). The highest BCUT2D eigenvalue weighted by Gasteiger charge is 2.31. The van der Waals surface area contributed by atoms with Gasteiger partial charge in [-0.25, -0.2) is 0 Å². The normalized spacial score (nSPS) is 12.5. The molecule has 0 fully saturated rings. The Hall–Kier alpha value is -2.34. The van der Waals surface area contributed by atoms with Gasteiger partial charge < -0.3 is 9.84 Å². The lowest BCUT2D eigenvalue weighted by atomic mass is 10.0. The highest BCUT2D eigenvalue weighted by atomic mass is 19.4. The molecule has 6 heteroatoms. The summed E-state index contributed by atoms with van der Waals surface area (Å²) in [6, 6.07) is 8.69. The molecule has 0 aromatic heterocycles. The Morgan fingerprint density at radius 2 is 1.77 bits per heavy atom. The van der Waals surface area contributed by atoms with Gasteiger partial charge in [0.05, 0.1) is 24.5 Å². The summed E-state index contributed by atoms with van der Waals surface area (Å²) >= 11 is 0. The molecule has 0 saturated carbocycles. The number of hydrogen-bond donors (Lipinski definition) is 1. The Bertz CT molecular complexity index is 781. The molecule has 26 heavy (non-hydrogen) atoms. The number of aryl methyl sites for hydroxylation is 1. The summed E-state index contributed by atoms with van der Waals surface area (Å²) in [7, 11) is 0. The number of alkyl halides is 3. The van der Waals surface area contributed by atoms with Crippen LogP contribution in [0.1, 0.15) is 42.5 Å². The first-order valence-corrected chi connectivity index (χ1v) is 8.31. The Labute approximate surface area is 151 Å². The zero-order chi connectivity index (χ0) is 19.3. The molecule has 0 heterocycles. The Kier molecular flexibility index (Phi) is 6.42. The van der Waals surface area contributed by atoms with Crippen molar-refractivity contribution in [1.82, 2.24) is 0 Å². The van der Waals surface area contributed by atoms with E-state index in [-0.39, 0.29) is 19.0 Å². The van der Waals surface area contributed by atoms with E-state index in [1.807, 2.05) is 13.8 Å². The molecular weight excluding hydrogens is 343 g/mol. The fourth-order valence-corrected chi connectivity index (χ4v) is 2.43. The summed E-state index contributed by atoms with van der Waals surface area (Å²) in [5.41, 5.74) is 2.36. The Balaban J connectivity index is 2.27. The zero-order valence-corrected chi connectivity index (χ0v) is 15.0. The standard InChI is InChI=1S/C20H22F3NO2/c1-4-14(3)24-19-13(2)9-17(20(21,22)23)10-16(19)12-26-11-15-5-7-18(25)8-6-15/h5-10,25H,4,11-12H2,1-3H3. The molecule has 0 amide bonds. The van der Waals surface area contributed by atoms with Gasteiger partial charge in [0.15, 0.2) is 0 Å². The first kappa shape index (κ1) is 20.0. The van der Waals surface area contributed by atoms with Gasteiger partial charge in [0.1, 0.15) is 5.75 Å². The molecular formula is C20H22F3NO2. The van der Waals surface area contributed by atoms with Crippen LogP contribution < -0.4 is 0 Å². The van der Waals surface area contributed by atoms with Gasteiger partial charge in [-0.15, -0.1) is 0 Å². The van der Waals surface area contributed by atoms with Crippen molar-refractivity contribution < 1.29 is 23.0 Å². The molecule has 0 aliphatic heterocycles. The average molecular weight is 365 g/mol. The number of halogens is 3. The van der Waals surface area contributed by atoms with Crippen molar-refractivity contribution in [3.05, 3.63) is 58.7 Å². The molecule has 0 saturated heterocycles. The highest BCUT2D eigenvalue weighted by Crippen LogP contribution is 2.35. The van der Waals surface area contributed by atoms with Gasteiger partial charge >= 0.3 is 6.18 Å². The largest absolute Gasteiger partial charge is 0.508 e. The number of aromatic hydroxyl groups is 1. The van der Waals surface area contributed by atoms with Crippen LogP contribution in [0.5, 0.6) is 5.75 Å². The number of benzene rings is 2. The summed E-state index contributed by atoms with van der Waals surface area (Å²) < 4.78 is 45.0. The van der Waals surface area contributed by atoms with Crippen molar-refractivity contribution in [3.63, 3.8) is 0 Å². The number of hydrogen-bond acceptors (Lipinski definition) is 3. The maximum absolute atomic E-state index is 13.1. The van der Waals surface area contributed by atoms with Crippen molar-refractivity contribution in [3.8, 4) is 5.75 Å². The molecule has 2 aromatic rings. The molecule has 2 aromatic carbocycles. The van der Waals surface area contributed by atoms with E-state index in [4.69, 9.17) is 4.74 Å². The molecule has 0 aliphatic carbocycles. The van der Waals surface area contributed by atoms with Crippen LogP contribution in [0.3, 0.4) is 0 Å². The molecule has 1 N–H and O–H groups in total. The van der Waals surface area contributed by atoms with E-state index in [9.17, 15) is 18.3 Å². The monoisotopic (exact) mass is 365 g/mol. The minimum Gasteiger partial charge on any atom is -0.508 e. The van der Waals surface area contributed by atoms with Gasteiger partial charge in [-0.1, -0.05) is 19.1 Å². The van der Waals surface area contributed by atoms with Crippen LogP contribution in [-0.4, -0.2) is 10.8 Å². The lowest BCUT2D eigenvalue weighted by Crippen LogP contribution is -2.07. The minimum absolute atomic E-state index is 0.0153. The molecule has 3 nitrogen and oxygen atoms in total. The van der Waals surface area contributed by atoms with Gasteiger partial charge in [-0.05, 0) is 55.7 Å². The predicted molar refractivity (Wildman–Crippen MR) is 95.8 cm³/mol. The lowest BCUT2D eigenvalue weighted by molar-refractivity contribution is -0.137. The number of phenols is 1. The number of rotatable bonds is 6. The second-order valence-corrected chi connectivity index (χ2v) is 6.16. The number of ether oxygens (including phenoxy) is 1. The van der Waals surface area contributed by atoms with Gasteiger partial charge in [0.25, 0.3) is 0 Å². The van der Waals surface area contributed by atoms with Crippen LogP contribution in [-0.2, 0) is 24.1 Å². The Morgan fingerprint density at radius 3 is 2.35 bits per heavy atom. The minimum atomic E-state index is -4.42. The van der Waals surface area contributed by atoms with E-state index in [2.05, 4.69) is 4.99 Å². The molecule has 0 spiro atoms. The Morgan fingerprint density at radius 1 is 1.12 bits per heavy atom. The third kappa shape index (κ3) is 5.33. The quantitative estimate of drug-likeness (QED) is 0.644. The van der Waals surface area contributed by atoms with Gasteiger partial charge in [-0.3, -0.25) is 4.99 Å². The van der Waals surface area contributed by atoms with Crippen LogP contribution in [0.4, 0.5) is 18.9 Å². The maximum Gasteiger partial charge on any atom is 0.416 e. The third-order valence-electron chi connectivity index (χ3n) is 3.98. The molecule has 0 aliphatic rings. The molecule has 0 radical (unpaired) electrons. The molecule has 140 valence electrons. The fraction of sp³-hybridized carbons (Fsp3) is 0.350. The van der Waals surface area contributed by atoms with Crippen LogP contribution in [0, 0.1) is 6.92 Å². The summed E-state index contributed by atoms with van der Waals surface area (Å²) in [5.74, 6) is 0.147. The lowest BCUT2D eigenvalue weighted by Gasteiger charge is -2.15. The van der Waals surface area contributed by atoms with E-state index in [0.717, 1.165) is 23.4 Å². The van der Waals surface area contributed by atoms with Crippen molar-refractivity contribution >= 4 is 11.4 Å². The van der Waals surface area contributed by atoms with E-state index in [1.54, 1.807) is 19.1 Å². The van der Waals surface area contributed by atoms with Crippen LogP contribution in [0.2, 0.25) is 0 Å². The number of nitrogens with zero attached hydrogens (tertiary/aromatic N) is 1. The zero-order valence-electron chi connectivity index (χ0n) is 15.0. The van der Waals surface area contributed by atoms with Crippen LogP contribution in [0.15, 0.2) is 41.4 Å². The maximum atomic E-state index is 13.1. The van der Waals surface area contributed by atoms with E-state index in [1.165, 1.54) is 12.1 Å². The molecule has 0 atom stereocenters. The van der Waals surface area contributed by atoms with E-state index >= 15 is 0 Å². The average Bonchev–Trinajstić information content (AvgIpc) is 2.58. The predicted octanol–water partition coefficient (Wildman–Crippen LogP) is 5.94. The van der Waals surface area contributed by atoms with Crippen molar-refractivity contribution in [2.75, 3.05) is 0 Å². The second-order valence-electron chi connectivity index (χ2n) is 6.16. The second kappa shape index (κ2) is 8.36. The summed E-state index contributed by atoms with van der Waals surface area (Å²) in [6.45, 7) is 5.66. The van der Waals surface area contributed by atoms with Gasteiger partial charge in [0.2, 0.25) is 0 Å². The smallest absolute Gasteiger partial charge is 0.416 e. The van der Waals surface area contributed by atoms with Crippen LogP contribution in [0.25, 0.3) is 0 Å². The fourth-order valence-electron chi connectivity index (χ4n) is 2.43. The van der Waals surface area contributed by atoms with Crippen molar-refractivity contribution in [2.24, 2.45) is 4.99 Å². The highest BCUT2D eigenvalue weighted by molar-refractivity contribution is 5.85.